The Balaban J connectivity index is 1.44. The molecule has 2 amide bonds. The highest BCUT2D eigenvalue weighted by Gasteiger charge is 2.72. The normalized spacial score (nSPS) is 22.2. The first-order valence-corrected chi connectivity index (χ1v) is 19.4. The van der Waals surface area contributed by atoms with Crippen molar-refractivity contribution >= 4 is 75.5 Å². The van der Waals surface area contributed by atoms with Gasteiger partial charge in [0.15, 0.2) is 11.2 Å². The molecule has 3 aliphatic rings. The van der Waals surface area contributed by atoms with Crippen molar-refractivity contribution in [3.05, 3.63) is 208 Å². The molecule has 274 valence electrons. The number of thiocarbonyl (C=S) groups is 1. The molecule has 9 rings (SSSR count). The maximum atomic E-state index is 16.5. The number of para-hydroxylation sites is 2. The van der Waals surface area contributed by atoms with Crippen LogP contribution >= 0.6 is 35.4 Å². The van der Waals surface area contributed by atoms with Crippen LogP contribution in [0.2, 0.25) is 10.0 Å². The Morgan fingerprint density at radius 1 is 0.589 bits per heavy atom. The Hall–Kier alpha value is -5.86. The van der Waals surface area contributed by atoms with E-state index in [1.165, 1.54) is 9.80 Å². The summed E-state index contributed by atoms with van der Waals surface area (Å²) in [6, 6.07) is 53.0. The number of hydrogen-bond acceptors (Lipinski definition) is 5. The van der Waals surface area contributed by atoms with Crippen LogP contribution in [0, 0.1) is 11.3 Å². The molecule has 0 radical (unpaired) electrons. The average Bonchev–Trinajstić information content (AvgIpc) is 3.67. The van der Waals surface area contributed by atoms with Gasteiger partial charge in [0, 0.05) is 21.9 Å². The van der Waals surface area contributed by atoms with E-state index in [1.807, 2.05) is 152 Å². The smallest absolute Gasteiger partial charge is 0.250 e. The summed E-state index contributed by atoms with van der Waals surface area (Å²) in [6.45, 7) is 0. The highest BCUT2D eigenvalue weighted by atomic mass is 35.5. The number of nitrogens with zero attached hydrogens (tertiary/aromatic N) is 3. The van der Waals surface area contributed by atoms with Crippen molar-refractivity contribution in [3.63, 3.8) is 0 Å². The van der Waals surface area contributed by atoms with E-state index in [4.69, 9.17) is 45.4 Å². The minimum absolute atomic E-state index is 0.0584. The van der Waals surface area contributed by atoms with Crippen LogP contribution in [0.25, 0.3) is 6.08 Å². The van der Waals surface area contributed by atoms with E-state index in [9.17, 15) is 0 Å². The van der Waals surface area contributed by atoms with Crippen molar-refractivity contribution in [2.45, 2.75) is 17.9 Å². The van der Waals surface area contributed by atoms with Crippen LogP contribution in [0.4, 0.5) is 11.4 Å². The molecule has 0 bridgehead atoms. The van der Waals surface area contributed by atoms with Crippen molar-refractivity contribution in [2.75, 3.05) is 9.80 Å². The second-order valence-corrected chi connectivity index (χ2v) is 15.3. The topological polar surface area (TPSA) is 62.2 Å². The second-order valence-electron chi connectivity index (χ2n) is 14.1. The molecule has 1 saturated heterocycles. The minimum Gasteiger partial charge on any atom is -0.387 e. The summed E-state index contributed by atoms with van der Waals surface area (Å²) in [6.07, 6.45) is 1.38. The SMILES string of the molecule is O=C1N(c2ccccc2)C(=S)N(c2ccccc2)C(=O)C12C(c1ccc(Cl)cc1)/C(=C/c1ccccc1)C1=NOC(c3ccccc3)C1C2c1ccc(Cl)cc1. The molecule has 6 aromatic rings. The zero-order valence-corrected chi connectivity index (χ0v) is 32.1. The summed E-state index contributed by atoms with van der Waals surface area (Å²) in [5.74, 6) is -3.29. The summed E-state index contributed by atoms with van der Waals surface area (Å²) < 4.78 is 0. The third-order valence-corrected chi connectivity index (χ3v) is 11.9. The van der Waals surface area contributed by atoms with Gasteiger partial charge in [-0.1, -0.05) is 150 Å². The van der Waals surface area contributed by atoms with Crippen LogP contribution in [0.3, 0.4) is 0 Å². The van der Waals surface area contributed by atoms with Crippen LogP contribution in [0.5, 0.6) is 0 Å². The van der Waals surface area contributed by atoms with Crippen molar-refractivity contribution in [2.24, 2.45) is 16.5 Å². The Morgan fingerprint density at radius 3 is 1.57 bits per heavy atom. The summed E-state index contributed by atoms with van der Waals surface area (Å²) >= 11 is 19.3. The van der Waals surface area contributed by atoms with E-state index < -0.39 is 41.1 Å². The van der Waals surface area contributed by atoms with Crippen LogP contribution in [0.15, 0.2) is 181 Å². The molecule has 1 spiro atoms. The van der Waals surface area contributed by atoms with Crippen molar-refractivity contribution in [1.82, 2.24) is 0 Å². The molecule has 56 heavy (non-hydrogen) atoms. The molecule has 6 aromatic carbocycles. The highest BCUT2D eigenvalue weighted by molar-refractivity contribution is 7.81. The fourth-order valence-corrected chi connectivity index (χ4v) is 9.34. The summed E-state index contributed by atoms with van der Waals surface area (Å²) in [5, 5.41) is 6.00. The van der Waals surface area contributed by atoms with E-state index in [0.717, 1.165) is 16.7 Å². The minimum atomic E-state index is -1.89. The second kappa shape index (κ2) is 14.7. The number of rotatable bonds is 6. The molecule has 4 unspecified atom stereocenters. The number of oxime groups is 1. The summed E-state index contributed by atoms with van der Waals surface area (Å²) in [5.41, 5.74) is 3.69. The van der Waals surface area contributed by atoms with E-state index >= 15 is 9.59 Å². The molecule has 1 saturated carbocycles. The maximum absolute atomic E-state index is 16.5. The van der Waals surface area contributed by atoms with Gasteiger partial charge in [-0.2, -0.15) is 0 Å². The van der Waals surface area contributed by atoms with Gasteiger partial charge < -0.3 is 4.84 Å². The van der Waals surface area contributed by atoms with Crippen LogP contribution in [-0.4, -0.2) is 22.6 Å². The van der Waals surface area contributed by atoms with Gasteiger partial charge in [-0.3, -0.25) is 19.4 Å². The lowest BCUT2D eigenvalue weighted by Crippen LogP contribution is -2.71. The predicted molar refractivity (Wildman–Crippen MR) is 227 cm³/mol. The van der Waals surface area contributed by atoms with E-state index in [-0.39, 0.29) is 5.11 Å². The standard InChI is InChI=1S/C47H33Cl2N3O3S/c48-34-25-21-31(22-26-34)40-38(29-30-13-5-1-6-14-30)42-39(43(55-50-42)33-15-7-2-8-16-33)41(32-23-27-35(49)28-24-32)47(40)44(53)51(36-17-9-3-10-18-36)46(56)52(45(47)54)37-19-11-4-12-20-37/h1-29,39-41,43H/b38-29-. The van der Waals surface area contributed by atoms with Gasteiger partial charge >= 0.3 is 0 Å². The number of hydrogen-bond donors (Lipinski definition) is 0. The number of carbonyl (C=O) groups excluding carboxylic acids is 2. The lowest BCUT2D eigenvalue weighted by atomic mass is 9.48. The number of halogens is 2. The number of anilines is 2. The zero-order valence-electron chi connectivity index (χ0n) is 29.8. The van der Waals surface area contributed by atoms with Crippen LogP contribution in [-0.2, 0) is 14.4 Å². The van der Waals surface area contributed by atoms with Gasteiger partial charge in [-0.15, -0.1) is 0 Å². The number of amides is 2. The fourth-order valence-electron chi connectivity index (χ4n) is 8.71. The van der Waals surface area contributed by atoms with Gasteiger partial charge in [-0.05, 0) is 94.7 Å². The molecular weight excluding hydrogens is 758 g/mol. The van der Waals surface area contributed by atoms with Crippen LogP contribution in [0.1, 0.15) is 40.2 Å². The summed E-state index contributed by atoms with van der Waals surface area (Å²) in [4.78, 5) is 42.5. The van der Waals surface area contributed by atoms with E-state index in [2.05, 4.69) is 0 Å². The molecule has 2 aliphatic heterocycles. The van der Waals surface area contributed by atoms with Crippen molar-refractivity contribution in [3.8, 4) is 0 Å². The monoisotopic (exact) mass is 789 g/mol. The Labute approximate surface area is 340 Å². The highest BCUT2D eigenvalue weighted by Crippen LogP contribution is 2.65. The molecule has 0 aromatic heterocycles. The third-order valence-electron chi connectivity index (χ3n) is 11.0. The number of fused-ring (bicyclic) bond motifs is 1. The quantitative estimate of drug-likeness (QED) is 0.125. The lowest BCUT2D eigenvalue weighted by molar-refractivity contribution is -0.145. The summed E-state index contributed by atoms with van der Waals surface area (Å²) in [7, 11) is 0. The Morgan fingerprint density at radius 2 is 1.05 bits per heavy atom. The van der Waals surface area contributed by atoms with E-state index in [1.54, 1.807) is 24.3 Å². The number of benzene rings is 6. The Kier molecular flexibility index (Phi) is 9.38. The molecule has 2 heterocycles. The van der Waals surface area contributed by atoms with Gasteiger partial charge in [0.05, 0.1) is 23.0 Å². The van der Waals surface area contributed by atoms with Crippen LogP contribution < -0.4 is 9.80 Å². The predicted octanol–water partition coefficient (Wildman–Crippen LogP) is 11.1. The zero-order chi connectivity index (χ0) is 38.4. The molecule has 1 aliphatic carbocycles. The fraction of sp³-hybridized carbons (Fsp3) is 0.106. The Bertz CT molecular complexity index is 2440. The van der Waals surface area contributed by atoms with Gasteiger partial charge in [-0.25, -0.2) is 0 Å². The lowest BCUT2D eigenvalue weighted by Gasteiger charge is -2.56. The third kappa shape index (κ3) is 5.86. The maximum Gasteiger partial charge on any atom is 0.250 e. The first-order chi connectivity index (χ1) is 27.4. The van der Waals surface area contributed by atoms with Gasteiger partial charge in [0.25, 0.3) is 11.8 Å². The first-order valence-electron chi connectivity index (χ1n) is 18.3. The van der Waals surface area contributed by atoms with E-state index in [0.29, 0.717) is 38.3 Å². The van der Waals surface area contributed by atoms with Crippen molar-refractivity contribution < 1.29 is 14.4 Å². The molecule has 0 N–H and O–H groups in total. The number of allylic oxidation sites excluding steroid dienone is 1. The molecule has 9 heteroatoms. The molecule has 6 nitrogen and oxygen atoms in total. The molecule has 4 atom stereocenters. The first kappa shape index (κ1) is 35.8. The number of carbonyl (C=O) groups is 2. The van der Waals surface area contributed by atoms with Gasteiger partial charge in [0.1, 0.15) is 5.41 Å². The molecular formula is C47H33Cl2N3O3S. The largest absolute Gasteiger partial charge is 0.387 e. The van der Waals surface area contributed by atoms with Crippen molar-refractivity contribution in [1.29, 1.82) is 0 Å². The van der Waals surface area contributed by atoms with Gasteiger partial charge in [0.2, 0.25) is 0 Å². The molecule has 2 fully saturated rings. The average molecular weight is 791 g/mol.